The topological polar surface area (TPSA) is 224 Å². The van der Waals surface area contributed by atoms with Gasteiger partial charge in [-0.1, -0.05) is 0 Å². The van der Waals surface area contributed by atoms with Crippen molar-refractivity contribution < 1.29 is 135 Å². The maximum Gasteiger partial charge on any atom is 0.394 e. The molecule has 0 aliphatic heterocycles. The van der Waals surface area contributed by atoms with Crippen molar-refractivity contribution in [2.24, 2.45) is 0 Å². The van der Waals surface area contributed by atoms with Crippen molar-refractivity contribution in [2.75, 3.05) is 0 Å². The van der Waals surface area contributed by atoms with Crippen LogP contribution in [0.5, 0.6) is 0 Å². The molecule has 0 unspecified atom stereocenters. The van der Waals surface area contributed by atoms with E-state index in [1.54, 1.807) is 0 Å². The summed E-state index contributed by atoms with van der Waals surface area (Å²) >= 11 is 0. The summed E-state index contributed by atoms with van der Waals surface area (Å²) in [7, 11) is -14.0. The smallest absolute Gasteiger partial charge is 0.264 e. The van der Waals surface area contributed by atoms with E-state index in [9.17, 15) is 0 Å². The van der Waals surface area contributed by atoms with Crippen molar-refractivity contribution in [2.45, 2.75) is 0 Å². The van der Waals surface area contributed by atoms with Crippen LogP contribution in [-0.4, -0.2) is 52.6 Å². The Hall–Kier alpha value is 2.34. The van der Waals surface area contributed by atoms with Crippen molar-refractivity contribution >= 4 is 31.2 Å². The third-order valence-electron chi connectivity index (χ3n) is 0. The fourth-order valence-electron chi connectivity index (χ4n) is 0. The van der Waals surface area contributed by atoms with Gasteiger partial charge in [-0.15, -0.1) is 0 Å². The standard InChI is InChI=1S/3H2O4S.2Pr/c3*1-5(2,3)4;;/h3*(H2,1,2,3,4);;. The normalized spacial score (nSPS) is 10.2. The predicted molar refractivity (Wildman–Crippen MR) is 42.5 cm³/mol. The minimum absolute atomic E-state index is 0. The number of rotatable bonds is 0. The van der Waals surface area contributed by atoms with Crippen molar-refractivity contribution in [3.05, 3.63) is 0 Å². The summed E-state index contributed by atoms with van der Waals surface area (Å²) in [5.41, 5.74) is 0. The summed E-state index contributed by atoms with van der Waals surface area (Å²) in [6.07, 6.45) is 0. The molecule has 0 aliphatic carbocycles. The molecule has 102 valence electrons. The van der Waals surface area contributed by atoms with E-state index in [2.05, 4.69) is 0 Å². The van der Waals surface area contributed by atoms with Crippen LogP contribution in [0.2, 0.25) is 0 Å². The molecule has 0 heterocycles. The van der Waals surface area contributed by atoms with Crippen LogP contribution in [-0.2, 0) is 31.2 Å². The van der Waals surface area contributed by atoms with E-state index in [1.807, 2.05) is 0 Å². The van der Waals surface area contributed by atoms with Crippen molar-refractivity contribution in [3.63, 3.8) is 0 Å². The molecule has 0 aromatic rings. The zero-order chi connectivity index (χ0) is 13.5. The molecule has 2 radical (unpaired) electrons. The average Bonchev–Trinajstić information content (AvgIpc) is 1.41. The molecule has 0 rings (SSSR count). The van der Waals surface area contributed by atoms with E-state index in [0.29, 0.717) is 0 Å². The SMILES string of the molecule is O=S(=O)(O)O.O=S(=O)(O)O.O=S(=O)(O)O.[Pr].[Pr]. The van der Waals surface area contributed by atoms with Crippen molar-refractivity contribution in [1.82, 2.24) is 0 Å². The molecule has 0 saturated heterocycles. The van der Waals surface area contributed by atoms with Gasteiger partial charge in [0.1, 0.15) is 0 Å². The molecule has 17 heteroatoms. The van der Waals surface area contributed by atoms with Gasteiger partial charge in [-0.05, 0) is 0 Å². The summed E-state index contributed by atoms with van der Waals surface area (Å²) < 4.78 is 94.8. The Morgan fingerprint density at radius 1 is 0.412 bits per heavy atom. The van der Waals surface area contributed by atoms with Crippen LogP contribution in [0.1, 0.15) is 0 Å². The molecule has 0 aromatic heterocycles. The first-order valence-corrected chi connectivity index (χ1v) is 6.29. The molecule has 0 aliphatic rings. The van der Waals surface area contributed by atoms with Crippen LogP contribution in [0.15, 0.2) is 0 Å². The second-order valence-electron chi connectivity index (χ2n) is 1.34. The van der Waals surface area contributed by atoms with E-state index < -0.39 is 31.2 Å². The van der Waals surface area contributed by atoms with Gasteiger partial charge in [-0.25, -0.2) is 0 Å². The molecule has 0 aromatic carbocycles. The van der Waals surface area contributed by atoms with Crippen molar-refractivity contribution in [1.29, 1.82) is 0 Å². The van der Waals surface area contributed by atoms with E-state index in [1.165, 1.54) is 0 Å². The monoisotopic (exact) mass is 576 g/mol. The summed E-state index contributed by atoms with van der Waals surface area (Å²) in [6.45, 7) is 0. The third-order valence-corrected chi connectivity index (χ3v) is 0. The molecule has 12 nitrogen and oxygen atoms in total. The predicted octanol–water partition coefficient (Wildman–Crippen LogP) is -1.96. The maximum atomic E-state index is 8.74. The van der Waals surface area contributed by atoms with E-state index in [-0.39, 0.29) is 82.6 Å². The molecule has 0 spiro atoms. The molecule has 0 saturated carbocycles. The first kappa shape index (κ1) is 31.6. The fourth-order valence-corrected chi connectivity index (χ4v) is 0. The van der Waals surface area contributed by atoms with Crippen molar-refractivity contribution in [3.8, 4) is 0 Å². The Labute approximate surface area is 163 Å². The van der Waals surface area contributed by atoms with Crippen LogP contribution in [0.3, 0.4) is 0 Å². The molecular formula is H6O12Pr2S3. The van der Waals surface area contributed by atoms with Crippen LogP contribution >= 0.6 is 0 Å². The van der Waals surface area contributed by atoms with Gasteiger partial charge in [-0.3, -0.25) is 27.3 Å². The van der Waals surface area contributed by atoms with Crippen LogP contribution in [0.4, 0.5) is 0 Å². The molecule has 0 bridgehead atoms. The van der Waals surface area contributed by atoms with E-state index >= 15 is 0 Å². The summed E-state index contributed by atoms with van der Waals surface area (Å²) in [4.78, 5) is 0. The van der Waals surface area contributed by atoms with Gasteiger partial charge in [0, 0.05) is 82.6 Å². The van der Waals surface area contributed by atoms with Gasteiger partial charge >= 0.3 is 31.2 Å². The Morgan fingerprint density at radius 3 is 0.412 bits per heavy atom. The van der Waals surface area contributed by atoms with Crippen LogP contribution in [0, 0.1) is 82.6 Å². The Morgan fingerprint density at radius 2 is 0.412 bits per heavy atom. The maximum absolute atomic E-state index is 8.74. The van der Waals surface area contributed by atoms with Gasteiger partial charge in [0.15, 0.2) is 0 Å². The van der Waals surface area contributed by atoms with E-state index in [4.69, 9.17) is 52.6 Å². The number of hydrogen-bond donors (Lipinski definition) is 6. The van der Waals surface area contributed by atoms with Gasteiger partial charge in [0.25, 0.3) is 0 Å². The molecule has 6 N–H and O–H groups in total. The zero-order valence-corrected chi connectivity index (χ0v) is 17.4. The van der Waals surface area contributed by atoms with Gasteiger partial charge in [0.2, 0.25) is 0 Å². The molecule has 17 heavy (non-hydrogen) atoms. The quantitative estimate of drug-likeness (QED) is 0.173. The summed E-state index contributed by atoms with van der Waals surface area (Å²) in [5.74, 6) is 0. The first-order chi connectivity index (χ1) is 6.00. The minimum Gasteiger partial charge on any atom is -0.264 e. The molecule has 0 fully saturated rings. The zero-order valence-electron chi connectivity index (χ0n) is 7.51. The minimum atomic E-state index is -4.67. The van der Waals surface area contributed by atoms with Gasteiger partial charge < -0.3 is 0 Å². The Bertz CT molecular complexity index is 341. The average molecular weight is 576 g/mol. The second-order valence-corrected chi connectivity index (χ2v) is 4.03. The van der Waals surface area contributed by atoms with Gasteiger partial charge in [0.05, 0.1) is 0 Å². The first-order valence-electron chi connectivity index (χ1n) is 2.10. The van der Waals surface area contributed by atoms with Crippen LogP contribution < -0.4 is 0 Å². The third kappa shape index (κ3) is 896. The largest absolute Gasteiger partial charge is 0.394 e. The fraction of sp³-hybridized carbons (Fsp3) is 0. The summed E-state index contributed by atoms with van der Waals surface area (Å²) in [6, 6.07) is 0. The molecule has 0 amide bonds. The van der Waals surface area contributed by atoms with Crippen LogP contribution in [0.25, 0.3) is 0 Å². The Balaban J connectivity index is -0.0000000400. The molecule has 0 atom stereocenters. The Kier molecular flexibility index (Phi) is 24.8. The second kappa shape index (κ2) is 13.3. The van der Waals surface area contributed by atoms with Gasteiger partial charge in [-0.2, -0.15) is 25.3 Å². The number of hydrogen-bond acceptors (Lipinski definition) is 6. The van der Waals surface area contributed by atoms with E-state index in [0.717, 1.165) is 0 Å². The summed E-state index contributed by atoms with van der Waals surface area (Å²) in [5, 5.41) is 0. The molecular weight excluding hydrogens is 570 g/mol.